The molecule has 4 aromatic rings. The summed E-state index contributed by atoms with van der Waals surface area (Å²) in [6.45, 7) is 8.78. The van der Waals surface area contributed by atoms with Crippen molar-refractivity contribution >= 4 is 79.5 Å². The van der Waals surface area contributed by atoms with Gasteiger partial charge in [-0.2, -0.15) is 0 Å². The summed E-state index contributed by atoms with van der Waals surface area (Å²) in [6.07, 6.45) is 27.2. The Labute approximate surface area is 376 Å². The number of aryl methyl sites for hydroxylation is 4. The van der Waals surface area contributed by atoms with Crippen molar-refractivity contribution in [1.82, 2.24) is 0 Å². The van der Waals surface area contributed by atoms with Crippen LogP contribution in [0, 0.1) is 0 Å². The topological polar surface area (TPSA) is 114 Å². The normalized spacial score (nSPS) is 11.8. The number of rotatable bonds is 26. The fourth-order valence-corrected chi connectivity index (χ4v) is 9.09. The molecule has 0 aliphatic rings. The second-order valence-electron chi connectivity index (χ2n) is 15.9. The zero-order chi connectivity index (χ0) is 40.8. The Bertz CT molecular complexity index is 1830. The average Bonchev–Trinajstić information content (AvgIpc) is 3.16. The fourth-order valence-electron chi connectivity index (χ4n) is 7.60. The Morgan fingerprint density at radius 3 is 0.930 bits per heavy atom. The molecule has 0 radical (unpaired) electrons. The van der Waals surface area contributed by atoms with Crippen LogP contribution in [0.4, 0.5) is 0 Å². The van der Waals surface area contributed by atoms with E-state index in [0.717, 1.165) is 97.2 Å². The smallest absolute Gasteiger partial charge is 0.744 e. The van der Waals surface area contributed by atoms with Gasteiger partial charge in [-0.05, 0) is 119 Å². The number of benzene rings is 4. The van der Waals surface area contributed by atoms with Gasteiger partial charge in [0, 0.05) is 0 Å². The van der Waals surface area contributed by atoms with Gasteiger partial charge in [0.05, 0.1) is 9.79 Å². The Kier molecular flexibility index (Phi) is 25.4. The Balaban J connectivity index is 0.000000387. The molecule has 0 amide bonds. The van der Waals surface area contributed by atoms with Gasteiger partial charge in [-0.1, -0.05) is 167 Å². The molecule has 0 atom stereocenters. The molecule has 4 aromatic carbocycles. The average molecular weight is 847 g/mol. The molecule has 312 valence electrons. The van der Waals surface area contributed by atoms with E-state index in [0.29, 0.717) is 10.8 Å². The summed E-state index contributed by atoms with van der Waals surface area (Å²) in [4.78, 5) is -0.109. The summed E-state index contributed by atoms with van der Waals surface area (Å²) < 4.78 is 71.4. The van der Waals surface area contributed by atoms with Crippen LogP contribution in [0.2, 0.25) is 0 Å². The molecule has 4 rings (SSSR count). The van der Waals surface area contributed by atoms with Gasteiger partial charge in [-0.25, -0.2) is 16.8 Å². The van der Waals surface area contributed by atoms with Gasteiger partial charge >= 0.3 is 37.7 Å². The van der Waals surface area contributed by atoms with Crippen molar-refractivity contribution in [2.24, 2.45) is 0 Å². The van der Waals surface area contributed by atoms with Crippen LogP contribution in [0.25, 0.3) is 21.5 Å². The number of fused-ring (bicyclic) bond motifs is 2. The van der Waals surface area contributed by atoms with E-state index in [2.05, 4.69) is 52.0 Å². The van der Waals surface area contributed by atoms with E-state index in [1.54, 1.807) is 12.1 Å². The molecule has 0 spiro atoms. The zero-order valence-electron chi connectivity index (χ0n) is 35.7. The van der Waals surface area contributed by atoms with Crippen LogP contribution in [0.1, 0.15) is 178 Å². The Morgan fingerprint density at radius 1 is 0.368 bits per heavy atom. The first-order valence-corrected chi connectivity index (χ1v) is 24.8. The van der Waals surface area contributed by atoms with Crippen LogP contribution in [0.15, 0.2) is 70.5 Å². The predicted octanol–water partition coefficient (Wildman–Crippen LogP) is 13.2. The third kappa shape index (κ3) is 19.2. The van der Waals surface area contributed by atoms with E-state index >= 15 is 0 Å². The van der Waals surface area contributed by atoms with Gasteiger partial charge in [-0.15, -0.1) is 0 Å². The summed E-state index contributed by atoms with van der Waals surface area (Å²) >= 11 is 0. The third-order valence-corrected chi connectivity index (χ3v) is 12.6. The molecule has 0 aliphatic heterocycles. The molecule has 0 bridgehead atoms. The first-order chi connectivity index (χ1) is 26.9. The first-order valence-electron chi connectivity index (χ1n) is 21.9. The largest absolute Gasteiger partial charge is 2.00 e. The molecular weight excluding hydrogens is 777 g/mol. The minimum Gasteiger partial charge on any atom is -0.744 e. The van der Waals surface area contributed by atoms with E-state index in [4.69, 9.17) is 0 Å². The maximum Gasteiger partial charge on any atom is 2.00 e. The predicted molar refractivity (Wildman–Crippen MR) is 239 cm³/mol. The maximum absolute atomic E-state index is 11.9. The van der Waals surface area contributed by atoms with Gasteiger partial charge in [0.15, 0.2) is 0 Å². The zero-order valence-corrected chi connectivity index (χ0v) is 39.6. The van der Waals surface area contributed by atoms with Crippen molar-refractivity contribution in [3.8, 4) is 0 Å². The minimum atomic E-state index is -4.49. The van der Waals surface area contributed by atoms with Crippen molar-refractivity contribution in [3.05, 3.63) is 82.9 Å². The van der Waals surface area contributed by atoms with Crippen LogP contribution < -0.4 is 0 Å². The van der Waals surface area contributed by atoms with Gasteiger partial charge in [0.25, 0.3) is 0 Å². The fraction of sp³-hybridized carbons (Fsp3) is 0.583. The van der Waals surface area contributed by atoms with E-state index in [1.807, 2.05) is 24.3 Å². The monoisotopic (exact) mass is 846 g/mol. The van der Waals surface area contributed by atoms with E-state index in [1.165, 1.54) is 89.9 Å². The summed E-state index contributed by atoms with van der Waals surface area (Å²) in [7, 11) is -8.98. The van der Waals surface area contributed by atoms with Gasteiger partial charge in [-0.3, -0.25) is 0 Å². The molecule has 0 aromatic heterocycles. The van der Waals surface area contributed by atoms with Crippen molar-refractivity contribution in [3.63, 3.8) is 0 Å². The summed E-state index contributed by atoms with van der Waals surface area (Å²) in [6, 6.07) is 19.2. The van der Waals surface area contributed by atoms with Crippen LogP contribution in [0.5, 0.6) is 0 Å². The van der Waals surface area contributed by atoms with Gasteiger partial charge in [0.2, 0.25) is 0 Å². The van der Waals surface area contributed by atoms with Crippen molar-refractivity contribution < 1.29 is 25.9 Å². The molecule has 0 saturated carbocycles. The third-order valence-electron chi connectivity index (χ3n) is 10.9. The number of hydrogen-bond donors (Lipinski definition) is 0. The van der Waals surface area contributed by atoms with E-state index < -0.39 is 20.2 Å². The van der Waals surface area contributed by atoms with Crippen molar-refractivity contribution in [1.29, 1.82) is 0 Å². The molecule has 0 fully saturated rings. The van der Waals surface area contributed by atoms with Crippen molar-refractivity contribution in [2.75, 3.05) is 0 Å². The standard InChI is InChI=1S/2C24H36O3S.Ca/c2*1-3-5-7-9-11-13-20-15-16-22-17-21(14-12-10-8-6-4-2)19-24(23(22)18-20)28(25,26)27;/h2*15-19H,3-14H2,1-2H3,(H,25,26,27);/q;;+2/p-2. The second-order valence-corrected chi connectivity index (χ2v) is 18.6. The van der Waals surface area contributed by atoms with E-state index in [9.17, 15) is 25.9 Å². The molecule has 0 N–H and O–H groups in total. The summed E-state index contributed by atoms with van der Waals surface area (Å²) in [5.41, 5.74) is 4.12. The minimum absolute atomic E-state index is 0. The first kappa shape index (κ1) is 51.6. The number of unbranched alkanes of at least 4 members (excludes halogenated alkanes) is 16. The Hall–Kier alpha value is -1.52. The second kappa shape index (κ2) is 28.1. The van der Waals surface area contributed by atoms with E-state index in [-0.39, 0.29) is 47.5 Å². The van der Waals surface area contributed by atoms with Gasteiger partial charge in [0.1, 0.15) is 20.2 Å². The van der Waals surface area contributed by atoms with Gasteiger partial charge < -0.3 is 9.11 Å². The molecule has 0 unspecified atom stereocenters. The quantitative estimate of drug-likeness (QED) is 0.0353. The molecule has 0 saturated heterocycles. The molecule has 9 heteroatoms. The molecule has 6 nitrogen and oxygen atoms in total. The van der Waals surface area contributed by atoms with Crippen LogP contribution >= 0.6 is 0 Å². The summed E-state index contributed by atoms with van der Waals surface area (Å²) in [5.74, 6) is 0. The number of hydrogen-bond acceptors (Lipinski definition) is 6. The summed E-state index contributed by atoms with van der Waals surface area (Å²) in [5, 5.41) is 2.87. The van der Waals surface area contributed by atoms with Crippen LogP contribution in [-0.4, -0.2) is 63.7 Å². The molecule has 0 aliphatic carbocycles. The molecule has 0 heterocycles. The Morgan fingerprint density at radius 2 is 0.649 bits per heavy atom. The molecule has 57 heavy (non-hydrogen) atoms. The van der Waals surface area contributed by atoms with Crippen LogP contribution in [0.3, 0.4) is 0 Å². The maximum atomic E-state index is 11.9. The van der Waals surface area contributed by atoms with Crippen molar-refractivity contribution in [2.45, 2.75) is 192 Å². The molecular formula is C48H70CaO6S2. The SMILES string of the molecule is CCCCCCCc1cc(S(=O)(=O)[O-])c2cc(CCCCCCC)ccc2c1.CCCCCCCc1cc(S(=O)(=O)[O-])c2cc(CCCCCCC)ccc2c1.[Ca+2]. The van der Waals surface area contributed by atoms with Crippen LogP contribution in [-0.2, 0) is 45.9 Å².